The Balaban J connectivity index is 1.35. The highest BCUT2D eigenvalue weighted by Gasteiger charge is 2.49. The number of H-pyrrole nitrogens is 1. The number of aromatic nitrogens is 2. The van der Waals surface area contributed by atoms with Crippen molar-refractivity contribution in [2.24, 2.45) is 5.92 Å². The topological polar surface area (TPSA) is 61.5 Å². The van der Waals surface area contributed by atoms with Gasteiger partial charge in [-0.2, -0.15) is 0 Å². The summed E-state index contributed by atoms with van der Waals surface area (Å²) in [4.78, 5) is 24.4. The molecule has 0 aliphatic carbocycles. The Kier molecular flexibility index (Phi) is 4.05. The third kappa shape index (κ3) is 3.22. The molecular weight excluding hydrogens is 364 g/mol. The summed E-state index contributed by atoms with van der Waals surface area (Å²) in [5, 5.41) is 1.20. The Morgan fingerprint density at radius 2 is 2.03 bits per heavy atom. The lowest BCUT2D eigenvalue weighted by molar-refractivity contribution is -0.0163. The number of likely N-dealkylation sites (tertiary alicyclic amines) is 1. The molecule has 0 spiro atoms. The maximum Gasteiger partial charge on any atom is 0.410 e. The number of fused-ring (bicyclic) bond motifs is 2. The van der Waals surface area contributed by atoms with Gasteiger partial charge in [-0.15, -0.1) is 0 Å². The first-order chi connectivity index (χ1) is 13.9. The van der Waals surface area contributed by atoms with Gasteiger partial charge in [0.1, 0.15) is 5.60 Å². The van der Waals surface area contributed by atoms with Gasteiger partial charge >= 0.3 is 6.09 Å². The van der Waals surface area contributed by atoms with E-state index in [2.05, 4.69) is 45.2 Å². The Bertz CT molecular complexity index is 1070. The first kappa shape index (κ1) is 18.0. The minimum Gasteiger partial charge on any atom is -0.444 e. The zero-order chi connectivity index (χ0) is 20.2. The summed E-state index contributed by atoms with van der Waals surface area (Å²) in [6.07, 6.45) is 5.60. The number of rotatable bonds is 2. The standard InChI is InChI=1S/C23H26N4O2/c1-23(2,3)29-22(28)27-13-16-12-26(14-21(16)27)17-9-15(10-24-11-17)18-5-4-6-20-19(18)7-8-25-20/h4-11,16,21,25H,12-14H2,1-3H3/t16-,21-/m1/s1. The Hall–Kier alpha value is -3.02. The quantitative estimate of drug-likeness (QED) is 0.709. The van der Waals surface area contributed by atoms with Gasteiger partial charge in [-0.1, -0.05) is 12.1 Å². The van der Waals surface area contributed by atoms with Crippen molar-refractivity contribution in [1.82, 2.24) is 14.9 Å². The number of anilines is 1. The second-order valence-corrected chi connectivity index (χ2v) is 9.04. The highest BCUT2D eigenvalue weighted by Crippen LogP contribution is 2.37. The molecule has 1 N–H and O–H groups in total. The molecule has 4 heterocycles. The third-order valence-corrected chi connectivity index (χ3v) is 5.86. The van der Waals surface area contributed by atoms with E-state index in [1.54, 1.807) is 0 Å². The van der Waals surface area contributed by atoms with E-state index in [0.717, 1.165) is 36.4 Å². The van der Waals surface area contributed by atoms with E-state index >= 15 is 0 Å². The molecule has 6 nitrogen and oxygen atoms in total. The fourth-order valence-corrected chi connectivity index (χ4v) is 4.46. The highest BCUT2D eigenvalue weighted by atomic mass is 16.6. The van der Waals surface area contributed by atoms with Crippen molar-refractivity contribution in [3.05, 3.63) is 48.9 Å². The second kappa shape index (κ2) is 6.51. The van der Waals surface area contributed by atoms with Crippen LogP contribution in [-0.2, 0) is 4.74 Å². The van der Waals surface area contributed by atoms with Gasteiger partial charge in [0, 0.05) is 54.4 Å². The third-order valence-electron chi connectivity index (χ3n) is 5.86. The number of aromatic amines is 1. The lowest BCUT2D eigenvalue weighted by Gasteiger charge is -2.43. The van der Waals surface area contributed by atoms with Gasteiger partial charge in [0.25, 0.3) is 0 Å². The average molecular weight is 390 g/mol. The van der Waals surface area contributed by atoms with Crippen molar-refractivity contribution >= 4 is 22.7 Å². The van der Waals surface area contributed by atoms with E-state index in [4.69, 9.17) is 4.74 Å². The van der Waals surface area contributed by atoms with Crippen molar-refractivity contribution in [3.8, 4) is 11.1 Å². The number of carbonyl (C=O) groups excluding carboxylic acids is 1. The predicted molar refractivity (Wildman–Crippen MR) is 114 cm³/mol. The number of hydrogen-bond acceptors (Lipinski definition) is 4. The SMILES string of the molecule is CC(C)(C)OC(=O)N1C[C@H]2CN(c3cncc(-c4cccc5[nH]ccc45)c3)C[C@H]21. The fraction of sp³-hybridized carbons (Fsp3) is 0.391. The average Bonchev–Trinajstić information content (AvgIpc) is 3.25. The van der Waals surface area contributed by atoms with Gasteiger partial charge in [0.15, 0.2) is 0 Å². The summed E-state index contributed by atoms with van der Waals surface area (Å²) >= 11 is 0. The maximum absolute atomic E-state index is 12.4. The molecule has 2 aromatic heterocycles. The Morgan fingerprint density at radius 1 is 1.17 bits per heavy atom. The molecule has 2 aliphatic rings. The molecule has 0 saturated carbocycles. The van der Waals surface area contributed by atoms with Gasteiger partial charge in [0.05, 0.1) is 17.9 Å². The number of nitrogens with zero attached hydrogens (tertiary/aromatic N) is 3. The number of ether oxygens (including phenoxy) is 1. The normalized spacial score (nSPS) is 21.2. The molecule has 1 amide bonds. The molecule has 5 rings (SSSR count). The summed E-state index contributed by atoms with van der Waals surface area (Å²) in [6, 6.07) is 10.8. The molecule has 29 heavy (non-hydrogen) atoms. The van der Waals surface area contributed by atoms with Crippen molar-refractivity contribution < 1.29 is 9.53 Å². The number of hydrogen-bond donors (Lipinski definition) is 1. The van der Waals surface area contributed by atoms with Crippen LogP contribution < -0.4 is 4.90 Å². The zero-order valence-electron chi connectivity index (χ0n) is 17.1. The molecule has 6 heteroatoms. The molecule has 0 bridgehead atoms. The first-order valence-electron chi connectivity index (χ1n) is 10.2. The number of nitrogens with one attached hydrogen (secondary N) is 1. The van der Waals surface area contributed by atoms with Crippen molar-refractivity contribution in [2.45, 2.75) is 32.4 Å². The maximum atomic E-state index is 12.4. The molecule has 2 saturated heterocycles. The van der Waals surface area contributed by atoms with Crippen LogP contribution in [-0.4, -0.2) is 52.2 Å². The first-order valence-corrected chi connectivity index (χ1v) is 10.2. The molecule has 2 fully saturated rings. The van der Waals surface area contributed by atoms with E-state index < -0.39 is 5.60 Å². The summed E-state index contributed by atoms with van der Waals surface area (Å²) in [5.74, 6) is 0.499. The predicted octanol–water partition coefficient (Wildman–Crippen LogP) is 4.29. The minimum atomic E-state index is -0.460. The molecule has 3 aromatic rings. The lowest BCUT2D eigenvalue weighted by Crippen LogP contribution is -2.59. The molecular formula is C23H26N4O2. The van der Waals surface area contributed by atoms with Crippen molar-refractivity contribution in [2.75, 3.05) is 24.5 Å². The largest absolute Gasteiger partial charge is 0.444 e. The van der Waals surface area contributed by atoms with E-state index in [1.165, 1.54) is 10.9 Å². The highest BCUT2D eigenvalue weighted by molar-refractivity contribution is 5.95. The molecule has 0 unspecified atom stereocenters. The smallest absolute Gasteiger partial charge is 0.410 e. The fourth-order valence-electron chi connectivity index (χ4n) is 4.46. The summed E-state index contributed by atoms with van der Waals surface area (Å²) in [7, 11) is 0. The van der Waals surface area contributed by atoms with Crippen molar-refractivity contribution in [3.63, 3.8) is 0 Å². The molecule has 2 atom stereocenters. The van der Waals surface area contributed by atoms with Gasteiger partial charge in [-0.05, 0) is 44.5 Å². The Morgan fingerprint density at radius 3 is 2.86 bits per heavy atom. The van der Waals surface area contributed by atoms with Gasteiger partial charge in [0.2, 0.25) is 0 Å². The molecule has 150 valence electrons. The van der Waals surface area contributed by atoms with Gasteiger partial charge in [-0.3, -0.25) is 4.98 Å². The van der Waals surface area contributed by atoms with Gasteiger partial charge in [-0.25, -0.2) is 4.79 Å². The molecule has 0 radical (unpaired) electrons. The second-order valence-electron chi connectivity index (χ2n) is 9.04. The molecule has 1 aromatic carbocycles. The van der Waals surface area contributed by atoms with Crippen LogP contribution in [0, 0.1) is 5.92 Å². The number of benzene rings is 1. The van der Waals surface area contributed by atoms with E-state index in [1.807, 2.05) is 44.3 Å². The van der Waals surface area contributed by atoms with E-state index in [9.17, 15) is 4.79 Å². The monoisotopic (exact) mass is 390 g/mol. The van der Waals surface area contributed by atoms with Crippen LogP contribution in [0.4, 0.5) is 10.5 Å². The van der Waals surface area contributed by atoms with Crippen LogP contribution in [0.2, 0.25) is 0 Å². The van der Waals surface area contributed by atoms with E-state index in [0.29, 0.717) is 5.92 Å². The van der Waals surface area contributed by atoms with E-state index in [-0.39, 0.29) is 12.1 Å². The number of amides is 1. The van der Waals surface area contributed by atoms with Crippen LogP contribution in [0.3, 0.4) is 0 Å². The number of carbonyl (C=O) groups is 1. The summed E-state index contributed by atoms with van der Waals surface area (Å²) in [5.41, 5.74) is 4.05. The van der Waals surface area contributed by atoms with Crippen LogP contribution in [0.1, 0.15) is 20.8 Å². The van der Waals surface area contributed by atoms with Crippen molar-refractivity contribution in [1.29, 1.82) is 0 Å². The van der Waals surface area contributed by atoms with Crippen LogP contribution in [0.15, 0.2) is 48.9 Å². The Labute approximate surface area is 170 Å². The summed E-state index contributed by atoms with van der Waals surface area (Å²) < 4.78 is 5.55. The summed E-state index contributed by atoms with van der Waals surface area (Å²) in [6.45, 7) is 8.26. The van der Waals surface area contributed by atoms with Crippen LogP contribution in [0.5, 0.6) is 0 Å². The lowest BCUT2D eigenvalue weighted by atomic mass is 9.93. The zero-order valence-corrected chi connectivity index (χ0v) is 17.1. The number of pyridine rings is 1. The van der Waals surface area contributed by atoms with Crippen LogP contribution in [0.25, 0.3) is 22.0 Å². The van der Waals surface area contributed by atoms with Crippen LogP contribution >= 0.6 is 0 Å². The molecule has 2 aliphatic heterocycles. The van der Waals surface area contributed by atoms with Gasteiger partial charge < -0.3 is 19.5 Å². The minimum absolute atomic E-state index is 0.202.